The van der Waals surface area contributed by atoms with E-state index in [4.69, 9.17) is 0 Å². The summed E-state index contributed by atoms with van der Waals surface area (Å²) < 4.78 is 23.6. The maximum absolute atomic E-state index is 12.5. The Labute approximate surface area is 139 Å². The van der Waals surface area contributed by atoms with Crippen molar-refractivity contribution in [2.24, 2.45) is 5.92 Å². The van der Waals surface area contributed by atoms with Crippen molar-refractivity contribution in [1.82, 2.24) is 4.90 Å². The number of sulfone groups is 1. The number of amides is 1. The lowest BCUT2D eigenvalue weighted by atomic mass is 9.85. The van der Waals surface area contributed by atoms with E-state index in [1.807, 2.05) is 11.9 Å². The lowest BCUT2D eigenvalue weighted by Crippen LogP contribution is -2.43. The fourth-order valence-corrected chi connectivity index (χ4v) is 4.22. The maximum atomic E-state index is 12.5. The average Bonchev–Trinajstić information content (AvgIpc) is 2.55. The summed E-state index contributed by atoms with van der Waals surface area (Å²) in [7, 11) is -1.29. The number of benzene rings is 1. The number of carbonyl (C=O) groups is 1. The van der Waals surface area contributed by atoms with Crippen LogP contribution in [0.1, 0.15) is 45.1 Å². The number of rotatable bonds is 5. The molecule has 1 aromatic rings. The van der Waals surface area contributed by atoms with Gasteiger partial charge in [0.1, 0.15) is 0 Å². The summed E-state index contributed by atoms with van der Waals surface area (Å²) in [5.41, 5.74) is 0.861. The van der Waals surface area contributed by atoms with E-state index in [1.165, 1.54) is 19.3 Å². The zero-order chi connectivity index (χ0) is 17.0. The Morgan fingerprint density at radius 1 is 1.17 bits per heavy atom. The van der Waals surface area contributed by atoms with E-state index < -0.39 is 9.84 Å². The Bertz CT molecular complexity index is 637. The summed E-state index contributed by atoms with van der Waals surface area (Å²) in [6, 6.07) is 7.03. The fraction of sp³-hybridized carbons (Fsp3) is 0.611. The molecule has 0 saturated heterocycles. The molecule has 4 nitrogen and oxygen atoms in total. The standard InChI is InChI=1S/C18H27NO3S/c1-4-23(21,22)16-11-9-15(10-12-16)13-18(20)19(3)17-8-6-5-7-14(17)2/h9-12,14,17H,4-8,13H2,1-3H3. The lowest BCUT2D eigenvalue weighted by molar-refractivity contribution is -0.132. The van der Waals surface area contributed by atoms with E-state index in [0.717, 1.165) is 12.0 Å². The second-order valence-electron chi connectivity index (χ2n) is 6.56. The van der Waals surface area contributed by atoms with E-state index in [9.17, 15) is 13.2 Å². The van der Waals surface area contributed by atoms with Crippen LogP contribution >= 0.6 is 0 Å². The molecule has 1 aliphatic rings. The van der Waals surface area contributed by atoms with Gasteiger partial charge in [0.25, 0.3) is 0 Å². The molecule has 0 N–H and O–H groups in total. The van der Waals surface area contributed by atoms with Crippen molar-refractivity contribution < 1.29 is 13.2 Å². The van der Waals surface area contributed by atoms with Gasteiger partial charge in [0.15, 0.2) is 9.84 Å². The molecule has 5 heteroatoms. The third kappa shape index (κ3) is 4.34. The van der Waals surface area contributed by atoms with Crippen LogP contribution in [0.4, 0.5) is 0 Å². The van der Waals surface area contributed by atoms with Gasteiger partial charge in [-0.2, -0.15) is 0 Å². The van der Waals surface area contributed by atoms with Gasteiger partial charge in [-0.3, -0.25) is 4.79 Å². The van der Waals surface area contributed by atoms with Gasteiger partial charge in [0.05, 0.1) is 17.1 Å². The van der Waals surface area contributed by atoms with E-state index >= 15 is 0 Å². The molecule has 23 heavy (non-hydrogen) atoms. The quantitative estimate of drug-likeness (QED) is 0.830. The van der Waals surface area contributed by atoms with E-state index in [-0.39, 0.29) is 11.7 Å². The molecule has 1 amide bonds. The van der Waals surface area contributed by atoms with E-state index in [2.05, 4.69) is 6.92 Å². The Kier molecular flexibility index (Phi) is 5.84. The average molecular weight is 337 g/mol. The smallest absolute Gasteiger partial charge is 0.226 e. The zero-order valence-electron chi connectivity index (χ0n) is 14.3. The van der Waals surface area contributed by atoms with Crippen LogP contribution in [0, 0.1) is 5.92 Å². The molecule has 1 saturated carbocycles. The van der Waals surface area contributed by atoms with Crippen molar-refractivity contribution in [1.29, 1.82) is 0 Å². The summed E-state index contributed by atoms with van der Waals surface area (Å²) in [4.78, 5) is 14.7. The predicted molar refractivity (Wildman–Crippen MR) is 92.1 cm³/mol. The highest BCUT2D eigenvalue weighted by molar-refractivity contribution is 7.91. The van der Waals surface area contributed by atoms with Crippen LogP contribution in [0.25, 0.3) is 0 Å². The van der Waals surface area contributed by atoms with Gasteiger partial charge in [-0.15, -0.1) is 0 Å². The lowest BCUT2D eigenvalue weighted by Gasteiger charge is -2.36. The minimum absolute atomic E-state index is 0.0909. The van der Waals surface area contributed by atoms with Crippen LogP contribution in [-0.4, -0.2) is 38.1 Å². The van der Waals surface area contributed by atoms with Crippen molar-refractivity contribution in [3.8, 4) is 0 Å². The zero-order valence-corrected chi connectivity index (χ0v) is 15.1. The molecule has 0 bridgehead atoms. The molecule has 2 unspecified atom stereocenters. The van der Waals surface area contributed by atoms with Crippen LogP contribution in [0.15, 0.2) is 29.2 Å². The highest BCUT2D eigenvalue weighted by Crippen LogP contribution is 2.27. The molecule has 0 heterocycles. The highest BCUT2D eigenvalue weighted by atomic mass is 32.2. The molecule has 1 aromatic carbocycles. The van der Waals surface area contributed by atoms with Gasteiger partial charge >= 0.3 is 0 Å². The molecular formula is C18H27NO3S. The van der Waals surface area contributed by atoms with Crippen molar-refractivity contribution >= 4 is 15.7 Å². The molecule has 128 valence electrons. The SMILES string of the molecule is CCS(=O)(=O)c1ccc(CC(=O)N(C)C2CCCCC2C)cc1. The molecule has 0 spiro atoms. The van der Waals surface area contributed by atoms with Crippen LogP contribution in [-0.2, 0) is 21.1 Å². The number of nitrogens with zero attached hydrogens (tertiary/aromatic N) is 1. The van der Waals surface area contributed by atoms with Crippen LogP contribution < -0.4 is 0 Å². The first-order chi connectivity index (χ1) is 10.8. The second kappa shape index (κ2) is 7.47. The first-order valence-electron chi connectivity index (χ1n) is 8.42. The fourth-order valence-electron chi connectivity index (χ4n) is 3.34. The minimum atomic E-state index is -3.18. The Hall–Kier alpha value is -1.36. The van der Waals surface area contributed by atoms with E-state index in [1.54, 1.807) is 31.2 Å². The van der Waals surface area contributed by atoms with Crippen LogP contribution in [0.2, 0.25) is 0 Å². The molecule has 0 aromatic heterocycles. The predicted octanol–water partition coefficient (Wildman–Crippen LogP) is 3.06. The van der Waals surface area contributed by atoms with Crippen molar-refractivity contribution in [2.75, 3.05) is 12.8 Å². The maximum Gasteiger partial charge on any atom is 0.226 e. The summed E-state index contributed by atoms with van der Waals surface area (Å²) >= 11 is 0. The molecule has 0 radical (unpaired) electrons. The van der Waals surface area contributed by atoms with Crippen LogP contribution in [0.5, 0.6) is 0 Å². The van der Waals surface area contributed by atoms with Crippen molar-refractivity contribution in [3.63, 3.8) is 0 Å². The number of hydrogen-bond acceptors (Lipinski definition) is 3. The van der Waals surface area contributed by atoms with Gasteiger partial charge in [0.2, 0.25) is 5.91 Å². The Balaban J connectivity index is 2.02. The number of carbonyl (C=O) groups excluding carboxylic acids is 1. The van der Waals surface area contributed by atoms with E-state index in [0.29, 0.717) is 23.3 Å². The largest absolute Gasteiger partial charge is 0.342 e. The summed E-state index contributed by atoms with van der Waals surface area (Å²) in [6.07, 6.45) is 5.04. The highest BCUT2D eigenvalue weighted by Gasteiger charge is 2.27. The van der Waals surface area contributed by atoms with Gasteiger partial charge in [-0.05, 0) is 36.5 Å². The third-order valence-electron chi connectivity index (χ3n) is 4.97. The molecule has 1 fully saturated rings. The van der Waals surface area contributed by atoms with Gasteiger partial charge in [0, 0.05) is 13.1 Å². The number of likely N-dealkylation sites (N-methyl/N-ethyl adjacent to an activating group) is 1. The number of hydrogen-bond donors (Lipinski definition) is 0. The molecule has 2 rings (SSSR count). The van der Waals surface area contributed by atoms with Crippen LogP contribution in [0.3, 0.4) is 0 Å². The Morgan fingerprint density at radius 2 is 1.78 bits per heavy atom. The first-order valence-corrected chi connectivity index (χ1v) is 10.1. The normalized spacial score (nSPS) is 21.9. The molecular weight excluding hydrogens is 310 g/mol. The monoisotopic (exact) mass is 337 g/mol. The topological polar surface area (TPSA) is 54.5 Å². The van der Waals surface area contributed by atoms with Crippen molar-refractivity contribution in [3.05, 3.63) is 29.8 Å². The first kappa shape index (κ1) is 18.0. The van der Waals surface area contributed by atoms with Gasteiger partial charge in [-0.1, -0.05) is 38.8 Å². The molecule has 1 aliphatic carbocycles. The van der Waals surface area contributed by atoms with Crippen molar-refractivity contribution in [2.45, 2.75) is 56.9 Å². The summed E-state index contributed by atoms with van der Waals surface area (Å²) in [5.74, 6) is 0.748. The molecule has 0 aliphatic heterocycles. The second-order valence-corrected chi connectivity index (χ2v) is 8.84. The molecule has 2 atom stereocenters. The van der Waals surface area contributed by atoms with Gasteiger partial charge in [-0.25, -0.2) is 8.42 Å². The third-order valence-corrected chi connectivity index (χ3v) is 6.73. The minimum Gasteiger partial charge on any atom is -0.342 e. The summed E-state index contributed by atoms with van der Waals surface area (Å²) in [6.45, 7) is 3.85. The Morgan fingerprint density at radius 3 is 2.35 bits per heavy atom. The van der Waals surface area contributed by atoms with Gasteiger partial charge < -0.3 is 4.90 Å². The summed E-state index contributed by atoms with van der Waals surface area (Å²) in [5, 5.41) is 0.